The largest absolute Gasteiger partial charge is 0.396 e. The van der Waals surface area contributed by atoms with Crippen molar-refractivity contribution in [2.45, 2.75) is 5.03 Å². The van der Waals surface area contributed by atoms with Gasteiger partial charge in [0.25, 0.3) is 0 Å². The van der Waals surface area contributed by atoms with Gasteiger partial charge < -0.3 is 5.11 Å². The molecule has 1 aromatic carbocycles. The Hall–Kier alpha value is -0.650. The first kappa shape index (κ1) is 10.9. The zero-order valence-electron chi connectivity index (χ0n) is 7.85. The van der Waals surface area contributed by atoms with Crippen LogP contribution >= 0.6 is 27.7 Å². The third kappa shape index (κ3) is 2.48. The number of fused-ring (bicyclic) bond motifs is 1. The Morgan fingerprint density at radius 1 is 1.33 bits per heavy atom. The summed E-state index contributed by atoms with van der Waals surface area (Å²) in [6, 6.07) is 5.90. The molecule has 1 N–H and O–H groups in total. The molecule has 1 heterocycles. The highest BCUT2D eigenvalue weighted by Crippen LogP contribution is 2.26. The summed E-state index contributed by atoms with van der Waals surface area (Å²) < 4.78 is 1.01. The van der Waals surface area contributed by atoms with E-state index in [1.165, 1.54) is 11.8 Å². The molecular weight excluding hydrogens is 276 g/mol. The number of halogens is 1. The summed E-state index contributed by atoms with van der Waals surface area (Å²) in [4.78, 5) is 8.39. The molecule has 1 aromatic heterocycles. The van der Waals surface area contributed by atoms with Crippen molar-refractivity contribution in [2.24, 2.45) is 0 Å². The number of hydrogen-bond donors (Lipinski definition) is 1. The van der Waals surface area contributed by atoms with Crippen molar-refractivity contribution < 1.29 is 5.11 Å². The van der Waals surface area contributed by atoms with Crippen LogP contribution in [0, 0.1) is 0 Å². The molecule has 0 saturated heterocycles. The highest BCUT2D eigenvalue weighted by molar-refractivity contribution is 9.10. The number of hydrogen-bond acceptors (Lipinski definition) is 4. The van der Waals surface area contributed by atoms with Crippen molar-refractivity contribution in [3.63, 3.8) is 0 Å². The molecule has 0 unspecified atom stereocenters. The van der Waals surface area contributed by atoms with Crippen molar-refractivity contribution in [1.82, 2.24) is 9.97 Å². The molecule has 0 aliphatic heterocycles. The number of rotatable bonds is 3. The van der Waals surface area contributed by atoms with Crippen LogP contribution in [0.2, 0.25) is 0 Å². The fraction of sp³-hybridized carbons (Fsp3) is 0.200. The van der Waals surface area contributed by atoms with Gasteiger partial charge in [-0.3, -0.25) is 0 Å². The van der Waals surface area contributed by atoms with E-state index in [4.69, 9.17) is 5.11 Å². The molecule has 0 fully saturated rings. The van der Waals surface area contributed by atoms with E-state index < -0.39 is 0 Å². The van der Waals surface area contributed by atoms with E-state index in [1.54, 1.807) is 6.33 Å². The Labute approximate surface area is 100 Å². The quantitative estimate of drug-likeness (QED) is 0.695. The average molecular weight is 285 g/mol. The maximum atomic E-state index is 8.78. The summed E-state index contributed by atoms with van der Waals surface area (Å²) in [7, 11) is 0. The molecule has 0 spiro atoms. The van der Waals surface area contributed by atoms with Gasteiger partial charge in [-0.1, -0.05) is 15.9 Å². The number of aliphatic hydroxyl groups is 1. The second-order valence-corrected chi connectivity index (χ2v) is 4.91. The fourth-order valence-corrected chi connectivity index (χ4v) is 2.35. The number of thioether (sulfide) groups is 1. The molecule has 0 saturated carbocycles. The monoisotopic (exact) mass is 284 g/mol. The Morgan fingerprint density at radius 3 is 3.00 bits per heavy atom. The lowest BCUT2D eigenvalue weighted by Gasteiger charge is -2.03. The zero-order chi connectivity index (χ0) is 10.7. The van der Waals surface area contributed by atoms with Gasteiger partial charge in [0.2, 0.25) is 0 Å². The molecule has 78 valence electrons. The summed E-state index contributed by atoms with van der Waals surface area (Å²) in [6.45, 7) is 0.157. The van der Waals surface area contributed by atoms with Crippen LogP contribution in [0.25, 0.3) is 10.9 Å². The van der Waals surface area contributed by atoms with Crippen molar-refractivity contribution in [3.8, 4) is 0 Å². The lowest BCUT2D eigenvalue weighted by molar-refractivity contribution is 0.322. The van der Waals surface area contributed by atoms with E-state index >= 15 is 0 Å². The Balaban J connectivity index is 2.48. The van der Waals surface area contributed by atoms with Crippen molar-refractivity contribution in [1.29, 1.82) is 0 Å². The minimum absolute atomic E-state index is 0.157. The van der Waals surface area contributed by atoms with Crippen LogP contribution < -0.4 is 0 Å². The van der Waals surface area contributed by atoms with Gasteiger partial charge in [0.15, 0.2) is 0 Å². The maximum Gasteiger partial charge on any atom is 0.117 e. The minimum atomic E-state index is 0.157. The fourth-order valence-electron chi connectivity index (χ4n) is 1.26. The molecule has 15 heavy (non-hydrogen) atoms. The summed E-state index contributed by atoms with van der Waals surface area (Å²) in [6.07, 6.45) is 1.55. The van der Waals surface area contributed by atoms with Gasteiger partial charge in [-0.15, -0.1) is 11.8 Å². The molecular formula is C10H9BrN2OS. The normalized spacial score (nSPS) is 10.8. The average Bonchev–Trinajstić information content (AvgIpc) is 2.26. The first-order valence-corrected chi connectivity index (χ1v) is 6.23. The highest BCUT2D eigenvalue weighted by atomic mass is 79.9. The van der Waals surface area contributed by atoms with E-state index in [2.05, 4.69) is 25.9 Å². The van der Waals surface area contributed by atoms with Crippen LogP contribution in [-0.4, -0.2) is 27.4 Å². The van der Waals surface area contributed by atoms with Crippen LogP contribution in [0.1, 0.15) is 0 Å². The second kappa shape index (κ2) is 4.92. The summed E-state index contributed by atoms with van der Waals surface area (Å²) in [5, 5.41) is 10.7. The van der Waals surface area contributed by atoms with Gasteiger partial charge in [-0.05, 0) is 18.2 Å². The molecule has 0 bridgehead atoms. The predicted molar refractivity (Wildman–Crippen MR) is 65.0 cm³/mol. The SMILES string of the molecule is OCCSc1ncnc2ccc(Br)cc12. The van der Waals surface area contributed by atoms with Gasteiger partial charge in [-0.2, -0.15) is 0 Å². The van der Waals surface area contributed by atoms with Gasteiger partial charge in [0, 0.05) is 15.6 Å². The van der Waals surface area contributed by atoms with Crippen molar-refractivity contribution >= 4 is 38.6 Å². The van der Waals surface area contributed by atoms with Crippen LogP contribution in [-0.2, 0) is 0 Å². The van der Waals surface area contributed by atoms with Gasteiger partial charge in [-0.25, -0.2) is 9.97 Å². The number of nitrogens with zero attached hydrogens (tertiary/aromatic N) is 2. The van der Waals surface area contributed by atoms with Crippen LogP contribution in [0.15, 0.2) is 34.0 Å². The molecule has 0 amide bonds. The van der Waals surface area contributed by atoms with E-state index in [0.717, 1.165) is 20.4 Å². The smallest absolute Gasteiger partial charge is 0.117 e. The Kier molecular flexibility index (Phi) is 3.56. The van der Waals surface area contributed by atoms with Crippen LogP contribution in [0.5, 0.6) is 0 Å². The maximum absolute atomic E-state index is 8.78. The molecule has 2 aromatic rings. The standard InChI is InChI=1S/C10H9BrN2OS/c11-7-1-2-9-8(5-7)10(13-6-12-9)15-4-3-14/h1-2,5-6,14H,3-4H2. The molecule has 0 radical (unpaired) electrons. The van der Waals surface area contributed by atoms with E-state index in [9.17, 15) is 0 Å². The molecule has 5 heteroatoms. The third-order valence-electron chi connectivity index (χ3n) is 1.89. The van der Waals surface area contributed by atoms with Crippen molar-refractivity contribution in [3.05, 3.63) is 29.0 Å². The lowest BCUT2D eigenvalue weighted by atomic mass is 10.2. The Morgan fingerprint density at radius 2 is 2.20 bits per heavy atom. The van der Waals surface area contributed by atoms with Gasteiger partial charge in [0.1, 0.15) is 11.4 Å². The van der Waals surface area contributed by atoms with E-state index in [-0.39, 0.29) is 6.61 Å². The lowest BCUT2D eigenvalue weighted by Crippen LogP contribution is -1.90. The van der Waals surface area contributed by atoms with Crippen LogP contribution in [0.4, 0.5) is 0 Å². The zero-order valence-corrected chi connectivity index (χ0v) is 10.3. The highest BCUT2D eigenvalue weighted by Gasteiger charge is 2.04. The van der Waals surface area contributed by atoms with Crippen LogP contribution in [0.3, 0.4) is 0 Å². The number of aliphatic hydroxyl groups excluding tert-OH is 1. The number of aromatic nitrogens is 2. The molecule has 3 nitrogen and oxygen atoms in total. The Bertz CT molecular complexity index is 478. The molecule has 0 aliphatic rings. The predicted octanol–water partition coefficient (Wildman–Crippen LogP) is 2.48. The van der Waals surface area contributed by atoms with E-state index in [1.807, 2.05) is 18.2 Å². The number of benzene rings is 1. The second-order valence-electron chi connectivity index (χ2n) is 2.91. The first-order valence-electron chi connectivity index (χ1n) is 4.45. The summed E-state index contributed by atoms with van der Waals surface area (Å²) >= 11 is 4.96. The third-order valence-corrected chi connectivity index (χ3v) is 3.37. The summed E-state index contributed by atoms with van der Waals surface area (Å²) in [5.74, 6) is 0.651. The molecule has 0 aliphatic carbocycles. The summed E-state index contributed by atoms with van der Waals surface area (Å²) in [5.41, 5.74) is 0.925. The van der Waals surface area contributed by atoms with Crippen molar-refractivity contribution in [2.75, 3.05) is 12.4 Å². The topological polar surface area (TPSA) is 46.0 Å². The van der Waals surface area contributed by atoms with E-state index in [0.29, 0.717) is 5.75 Å². The molecule has 2 rings (SSSR count). The molecule has 0 atom stereocenters. The first-order chi connectivity index (χ1) is 7.31. The van der Waals surface area contributed by atoms with Gasteiger partial charge >= 0.3 is 0 Å². The van der Waals surface area contributed by atoms with Gasteiger partial charge in [0.05, 0.1) is 12.1 Å². The minimum Gasteiger partial charge on any atom is -0.396 e.